The third-order valence-electron chi connectivity index (χ3n) is 10.4. The fraction of sp³-hybridized carbons (Fsp3) is 0.862. The summed E-state index contributed by atoms with van der Waals surface area (Å²) in [5.74, 6) is 6.51. The topological polar surface area (TPSA) is 62.6 Å². The molecule has 1 aromatic heterocycles. The fourth-order valence-electron chi connectivity index (χ4n) is 8.84. The molecule has 1 aromatic rings. The van der Waals surface area contributed by atoms with Crippen molar-refractivity contribution in [1.82, 2.24) is 9.78 Å². The molecule has 0 N–H and O–H groups in total. The molecule has 196 valence electrons. The van der Waals surface area contributed by atoms with E-state index in [1.807, 2.05) is 12.3 Å². The summed E-state index contributed by atoms with van der Waals surface area (Å²) < 4.78 is 17.8. The molecule has 8 atom stereocenters. The summed E-state index contributed by atoms with van der Waals surface area (Å²) in [6, 6.07) is 1.84. The normalized spacial score (nSPS) is 38.4. The first-order chi connectivity index (χ1) is 17.0. The zero-order valence-corrected chi connectivity index (χ0v) is 22.1. The number of aromatic nitrogens is 2. The Labute approximate surface area is 211 Å². The average molecular weight is 487 g/mol. The van der Waals surface area contributed by atoms with Gasteiger partial charge in [0.25, 0.3) is 0 Å². The molecule has 6 nitrogen and oxygen atoms in total. The van der Waals surface area contributed by atoms with Crippen LogP contribution in [0, 0.1) is 46.8 Å². The van der Waals surface area contributed by atoms with Gasteiger partial charge in [-0.25, -0.2) is 0 Å². The van der Waals surface area contributed by atoms with Gasteiger partial charge in [0.1, 0.15) is 6.61 Å². The Bertz CT molecular complexity index is 855. The maximum atomic E-state index is 13.5. The zero-order chi connectivity index (χ0) is 24.4. The summed E-state index contributed by atoms with van der Waals surface area (Å²) in [7, 11) is 1.66. The second-order valence-corrected chi connectivity index (χ2v) is 12.3. The largest absolute Gasteiger partial charge is 0.474 e. The Balaban J connectivity index is 1.15. The van der Waals surface area contributed by atoms with Gasteiger partial charge in [-0.1, -0.05) is 20.3 Å². The van der Waals surface area contributed by atoms with Gasteiger partial charge >= 0.3 is 0 Å². The van der Waals surface area contributed by atoms with E-state index in [0.717, 1.165) is 41.9 Å². The predicted molar refractivity (Wildman–Crippen MR) is 135 cm³/mol. The van der Waals surface area contributed by atoms with Gasteiger partial charge in [0.15, 0.2) is 5.78 Å². The van der Waals surface area contributed by atoms with Crippen molar-refractivity contribution in [1.29, 1.82) is 0 Å². The van der Waals surface area contributed by atoms with Crippen LogP contribution in [-0.2, 0) is 20.8 Å². The van der Waals surface area contributed by atoms with E-state index in [1.165, 1.54) is 51.4 Å². The van der Waals surface area contributed by atoms with Crippen LogP contribution in [0.25, 0.3) is 0 Å². The van der Waals surface area contributed by atoms with Crippen LogP contribution in [0.4, 0.5) is 0 Å². The van der Waals surface area contributed by atoms with E-state index in [0.29, 0.717) is 44.6 Å². The summed E-state index contributed by atoms with van der Waals surface area (Å²) in [5.41, 5.74) is 0.180. The average Bonchev–Trinajstić information content (AvgIpc) is 3.44. The van der Waals surface area contributed by atoms with Gasteiger partial charge in [-0.05, 0) is 92.3 Å². The van der Waals surface area contributed by atoms with E-state index in [-0.39, 0.29) is 11.3 Å². The lowest BCUT2D eigenvalue weighted by Crippen LogP contribution is -2.49. The van der Waals surface area contributed by atoms with Gasteiger partial charge in [-0.2, -0.15) is 0 Å². The Kier molecular flexibility index (Phi) is 7.88. The number of hydrogen-bond donors (Lipinski definition) is 0. The van der Waals surface area contributed by atoms with Crippen molar-refractivity contribution in [3.05, 3.63) is 12.3 Å². The van der Waals surface area contributed by atoms with Crippen LogP contribution in [-0.4, -0.2) is 49.1 Å². The molecule has 6 heteroatoms. The molecule has 0 aromatic carbocycles. The van der Waals surface area contributed by atoms with Crippen molar-refractivity contribution in [2.75, 3.05) is 33.5 Å². The standard InChI is InChI=1S/C29H46N2O4/c1-20-4-6-22-21(18-20)5-7-24-23(22)10-12-29(2)25(24)8-9-26(29)27(32)19-31-13-11-28(30-31)35-17-16-34-15-14-33-3/h11,13,20-26H,4-10,12,14-19H2,1-3H3/t20-,21+,22-,23?,24+,25?,26+,29-/m0/s1. The van der Waals surface area contributed by atoms with Crippen LogP contribution in [0.15, 0.2) is 12.3 Å². The number of carbonyl (C=O) groups is 1. The molecule has 0 bridgehead atoms. The minimum atomic E-state index is 0.180. The minimum Gasteiger partial charge on any atom is -0.474 e. The molecule has 4 aliphatic carbocycles. The van der Waals surface area contributed by atoms with E-state index >= 15 is 0 Å². The van der Waals surface area contributed by atoms with Crippen molar-refractivity contribution in [2.24, 2.45) is 46.8 Å². The Morgan fingerprint density at radius 2 is 1.86 bits per heavy atom. The fourth-order valence-corrected chi connectivity index (χ4v) is 8.84. The van der Waals surface area contributed by atoms with Crippen LogP contribution in [0.2, 0.25) is 0 Å². The molecule has 1 heterocycles. The number of ketones is 1. The van der Waals surface area contributed by atoms with Gasteiger partial charge in [-0.15, -0.1) is 5.10 Å². The van der Waals surface area contributed by atoms with Gasteiger partial charge in [-0.3, -0.25) is 9.48 Å². The molecule has 0 radical (unpaired) electrons. The van der Waals surface area contributed by atoms with Gasteiger partial charge in [0, 0.05) is 25.3 Å². The summed E-state index contributed by atoms with van der Waals surface area (Å²) in [5, 5.41) is 4.49. The highest BCUT2D eigenvalue weighted by molar-refractivity contribution is 5.82. The number of hydrogen-bond acceptors (Lipinski definition) is 5. The maximum Gasteiger partial charge on any atom is 0.232 e. The summed E-state index contributed by atoms with van der Waals surface area (Å²) >= 11 is 0. The Hall–Kier alpha value is -1.40. The quantitative estimate of drug-likeness (QED) is 0.415. The lowest BCUT2D eigenvalue weighted by Gasteiger charge is -2.56. The molecule has 4 fully saturated rings. The molecule has 0 saturated heterocycles. The highest BCUT2D eigenvalue weighted by Gasteiger charge is 2.58. The van der Waals surface area contributed by atoms with Crippen LogP contribution >= 0.6 is 0 Å². The highest BCUT2D eigenvalue weighted by atomic mass is 16.5. The molecular formula is C29H46N2O4. The lowest BCUT2D eigenvalue weighted by molar-refractivity contribution is -0.131. The Morgan fingerprint density at radius 1 is 1.03 bits per heavy atom. The van der Waals surface area contributed by atoms with Crippen LogP contribution in [0.1, 0.15) is 71.6 Å². The van der Waals surface area contributed by atoms with Crippen LogP contribution in [0.5, 0.6) is 5.88 Å². The van der Waals surface area contributed by atoms with Crippen molar-refractivity contribution in [3.63, 3.8) is 0 Å². The monoisotopic (exact) mass is 486 g/mol. The summed E-state index contributed by atoms with van der Waals surface area (Å²) in [4.78, 5) is 13.5. The molecule has 35 heavy (non-hydrogen) atoms. The van der Waals surface area contributed by atoms with E-state index in [2.05, 4.69) is 18.9 Å². The molecule has 0 aliphatic heterocycles. The SMILES string of the molecule is COCCOCCOc1ccn(CC(=O)[C@H]2CCC3[C@@H]4CC[C@@H]5C[C@@H](C)CC[C@@H]5C4CC[C@@]32C)n1. The number of ether oxygens (including phenoxy) is 3. The first-order valence-corrected chi connectivity index (χ1v) is 14.2. The van der Waals surface area contributed by atoms with Crippen molar-refractivity contribution >= 4 is 5.78 Å². The molecular weight excluding hydrogens is 440 g/mol. The number of methoxy groups -OCH3 is 1. The van der Waals surface area contributed by atoms with E-state index in [9.17, 15) is 4.79 Å². The van der Waals surface area contributed by atoms with Gasteiger partial charge in [0.2, 0.25) is 5.88 Å². The second kappa shape index (κ2) is 10.9. The van der Waals surface area contributed by atoms with Crippen molar-refractivity contribution in [2.45, 2.75) is 78.2 Å². The summed E-state index contributed by atoms with van der Waals surface area (Å²) in [6.45, 7) is 7.36. The Morgan fingerprint density at radius 3 is 2.71 bits per heavy atom. The van der Waals surface area contributed by atoms with E-state index in [1.54, 1.807) is 11.8 Å². The molecule has 2 unspecified atom stereocenters. The predicted octanol–water partition coefficient (Wildman–Crippen LogP) is 5.40. The molecule has 0 spiro atoms. The lowest BCUT2D eigenvalue weighted by atomic mass is 9.49. The van der Waals surface area contributed by atoms with Gasteiger partial charge < -0.3 is 14.2 Å². The zero-order valence-electron chi connectivity index (χ0n) is 22.1. The molecule has 4 aliphatic rings. The molecule has 0 amide bonds. The smallest absolute Gasteiger partial charge is 0.232 e. The minimum absolute atomic E-state index is 0.180. The number of carbonyl (C=O) groups excluding carboxylic acids is 1. The highest BCUT2D eigenvalue weighted by Crippen LogP contribution is 2.64. The van der Waals surface area contributed by atoms with E-state index in [4.69, 9.17) is 14.2 Å². The first kappa shape index (κ1) is 25.3. The number of fused-ring (bicyclic) bond motifs is 5. The third-order valence-corrected chi connectivity index (χ3v) is 10.4. The first-order valence-electron chi connectivity index (χ1n) is 14.2. The van der Waals surface area contributed by atoms with Crippen LogP contribution in [0.3, 0.4) is 0 Å². The van der Waals surface area contributed by atoms with E-state index < -0.39 is 0 Å². The number of rotatable bonds is 10. The van der Waals surface area contributed by atoms with Crippen molar-refractivity contribution in [3.8, 4) is 5.88 Å². The second-order valence-electron chi connectivity index (χ2n) is 12.3. The van der Waals surface area contributed by atoms with Crippen LogP contribution < -0.4 is 4.74 Å². The summed E-state index contributed by atoms with van der Waals surface area (Å²) in [6.07, 6.45) is 14.0. The number of nitrogens with zero attached hydrogens (tertiary/aromatic N) is 2. The number of Topliss-reactive ketones (excluding diaryl/α,β-unsaturated/α-hetero) is 1. The molecule has 4 saturated carbocycles. The third kappa shape index (κ3) is 5.20. The van der Waals surface area contributed by atoms with Crippen molar-refractivity contribution < 1.29 is 19.0 Å². The molecule has 5 rings (SSSR count). The maximum absolute atomic E-state index is 13.5. The van der Waals surface area contributed by atoms with Gasteiger partial charge in [0.05, 0.1) is 26.4 Å².